The van der Waals surface area contributed by atoms with E-state index in [0.717, 1.165) is 30.5 Å². The fourth-order valence-electron chi connectivity index (χ4n) is 1.52. The number of unbranched alkanes of at least 4 members (excludes halogenated alkanes) is 3. The van der Waals surface area contributed by atoms with Gasteiger partial charge in [-0.1, -0.05) is 40.9 Å². The van der Waals surface area contributed by atoms with Crippen LogP contribution in [0.15, 0.2) is 28.7 Å². The monoisotopic (exact) mass is 285 g/mol. The molecule has 3 heteroatoms. The lowest BCUT2D eigenvalue weighted by atomic mass is 10.2. The molecule has 16 heavy (non-hydrogen) atoms. The van der Waals surface area contributed by atoms with Crippen molar-refractivity contribution in [2.45, 2.75) is 32.3 Å². The average molecular weight is 286 g/mol. The van der Waals surface area contributed by atoms with E-state index >= 15 is 0 Å². The summed E-state index contributed by atoms with van der Waals surface area (Å²) in [7, 11) is 0. The third kappa shape index (κ3) is 6.26. The Morgan fingerprint density at radius 2 is 1.94 bits per heavy atom. The largest absolute Gasteiger partial charge is 0.377 e. The summed E-state index contributed by atoms with van der Waals surface area (Å²) < 4.78 is 6.71. The van der Waals surface area contributed by atoms with E-state index in [0.29, 0.717) is 6.61 Å². The second kappa shape index (κ2) is 8.74. The van der Waals surface area contributed by atoms with Crippen molar-refractivity contribution in [3.05, 3.63) is 34.3 Å². The highest BCUT2D eigenvalue weighted by Gasteiger charge is 1.94. The van der Waals surface area contributed by atoms with Crippen LogP contribution in [0.25, 0.3) is 0 Å². The number of ether oxygens (including phenoxy) is 1. The van der Waals surface area contributed by atoms with Gasteiger partial charge in [0.1, 0.15) is 0 Å². The smallest absolute Gasteiger partial charge is 0.0717 e. The van der Waals surface area contributed by atoms with Crippen molar-refractivity contribution in [1.29, 1.82) is 0 Å². The third-order valence-electron chi connectivity index (χ3n) is 2.40. The maximum atomic E-state index is 5.60. The van der Waals surface area contributed by atoms with E-state index in [1.54, 1.807) is 0 Å². The van der Waals surface area contributed by atoms with E-state index in [2.05, 4.69) is 28.1 Å². The molecule has 0 spiro atoms. The third-order valence-corrected chi connectivity index (χ3v) is 2.89. The second-order valence-electron chi connectivity index (χ2n) is 3.89. The van der Waals surface area contributed by atoms with Crippen LogP contribution in [-0.2, 0) is 11.3 Å². The normalized spacial score (nSPS) is 10.6. The predicted octanol–water partition coefficient (Wildman–Crippen LogP) is 3.48. The summed E-state index contributed by atoms with van der Waals surface area (Å²) in [5.41, 5.74) is 6.64. The molecule has 1 rings (SSSR count). The van der Waals surface area contributed by atoms with Gasteiger partial charge in [0.25, 0.3) is 0 Å². The van der Waals surface area contributed by atoms with Crippen molar-refractivity contribution in [3.63, 3.8) is 0 Å². The first-order valence-electron chi connectivity index (χ1n) is 5.85. The Morgan fingerprint density at radius 3 is 2.69 bits per heavy atom. The molecule has 1 aromatic rings. The van der Waals surface area contributed by atoms with Crippen LogP contribution in [0.4, 0.5) is 0 Å². The van der Waals surface area contributed by atoms with Crippen LogP contribution in [0, 0.1) is 0 Å². The highest BCUT2D eigenvalue weighted by atomic mass is 79.9. The van der Waals surface area contributed by atoms with E-state index in [1.807, 2.05) is 12.1 Å². The summed E-state index contributed by atoms with van der Waals surface area (Å²) in [5.74, 6) is 0. The molecule has 0 bridgehead atoms. The average Bonchev–Trinajstić information content (AvgIpc) is 2.28. The van der Waals surface area contributed by atoms with Gasteiger partial charge in [0, 0.05) is 11.1 Å². The molecule has 0 saturated heterocycles. The van der Waals surface area contributed by atoms with Gasteiger partial charge in [0.05, 0.1) is 6.61 Å². The van der Waals surface area contributed by atoms with Crippen molar-refractivity contribution in [2.75, 3.05) is 13.2 Å². The highest BCUT2D eigenvalue weighted by molar-refractivity contribution is 9.10. The quantitative estimate of drug-likeness (QED) is 0.742. The fourth-order valence-corrected chi connectivity index (χ4v) is 1.97. The Hall–Kier alpha value is -0.380. The fraction of sp³-hybridized carbons (Fsp3) is 0.538. The lowest BCUT2D eigenvalue weighted by Crippen LogP contribution is -1.99. The van der Waals surface area contributed by atoms with E-state index in [1.165, 1.54) is 18.4 Å². The first-order valence-corrected chi connectivity index (χ1v) is 6.64. The van der Waals surface area contributed by atoms with Crippen LogP contribution < -0.4 is 5.73 Å². The van der Waals surface area contributed by atoms with E-state index in [4.69, 9.17) is 10.5 Å². The van der Waals surface area contributed by atoms with Crippen LogP contribution in [0.1, 0.15) is 31.2 Å². The van der Waals surface area contributed by atoms with Crippen LogP contribution in [-0.4, -0.2) is 13.2 Å². The summed E-state index contributed by atoms with van der Waals surface area (Å²) in [6.07, 6.45) is 4.70. The zero-order valence-electron chi connectivity index (χ0n) is 9.62. The van der Waals surface area contributed by atoms with Crippen LogP contribution in [0.3, 0.4) is 0 Å². The predicted molar refractivity (Wildman–Crippen MR) is 71.3 cm³/mol. The molecule has 0 atom stereocenters. The van der Waals surface area contributed by atoms with E-state index in [-0.39, 0.29) is 0 Å². The van der Waals surface area contributed by atoms with Crippen LogP contribution in [0.2, 0.25) is 0 Å². The van der Waals surface area contributed by atoms with E-state index < -0.39 is 0 Å². The highest BCUT2D eigenvalue weighted by Crippen LogP contribution is 2.12. The molecule has 0 aliphatic carbocycles. The number of nitrogens with two attached hydrogens (primary N) is 1. The van der Waals surface area contributed by atoms with Gasteiger partial charge < -0.3 is 10.5 Å². The van der Waals surface area contributed by atoms with Crippen molar-refractivity contribution in [3.8, 4) is 0 Å². The molecule has 2 N–H and O–H groups in total. The molecule has 1 aromatic carbocycles. The zero-order chi connectivity index (χ0) is 11.6. The van der Waals surface area contributed by atoms with Gasteiger partial charge in [0.2, 0.25) is 0 Å². The molecular weight excluding hydrogens is 266 g/mol. The molecule has 0 aliphatic rings. The molecular formula is C13H20BrNO. The topological polar surface area (TPSA) is 35.2 Å². The maximum Gasteiger partial charge on any atom is 0.0717 e. The van der Waals surface area contributed by atoms with Gasteiger partial charge in [-0.15, -0.1) is 0 Å². The molecule has 0 aromatic heterocycles. The Morgan fingerprint density at radius 1 is 1.12 bits per heavy atom. The molecule has 0 heterocycles. The number of rotatable bonds is 8. The molecule has 90 valence electrons. The summed E-state index contributed by atoms with van der Waals surface area (Å²) >= 11 is 3.45. The second-order valence-corrected chi connectivity index (χ2v) is 4.80. The van der Waals surface area contributed by atoms with Crippen molar-refractivity contribution in [2.24, 2.45) is 5.73 Å². The van der Waals surface area contributed by atoms with Gasteiger partial charge in [-0.3, -0.25) is 0 Å². The Labute approximate surface area is 106 Å². The van der Waals surface area contributed by atoms with Crippen LogP contribution in [0.5, 0.6) is 0 Å². The zero-order valence-corrected chi connectivity index (χ0v) is 11.2. The lowest BCUT2D eigenvalue weighted by molar-refractivity contribution is 0.116. The number of hydrogen-bond donors (Lipinski definition) is 1. The van der Waals surface area contributed by atoms with Crippen molar-refractivity contribution >= 4 is 15.9 Å². The molecule has 0 amide bonds. The van der Waals surface area contributed by atoms with Gasteiger partial charge in [0.15, 0.2) is 0 Å². The minimum atomic E-state index is 0.705. The Kier molecular flexibility index (Phi) is 7.47. The summed E-state index contributed by atoms with van der Waals surface area (Å²) in [6.45, 7) is 2.35. The summed E-state index contributed by atoms with van der Waals surface area (Å²) in [6, 6.07) is 8.23. The number of hydrogen-bond acceptors (Lipinski definition) is 2. The first kappa shape index (κ1) is 13.7. The van der Waals surface area contributed by atoms with E-state index in [9.17, 15) is 0 Å². The standard InChI is InChI=1S/C13H20BrNO/c14-13-7-5-6-12(10-13)11-16-9-4-2-1-3-8-15/h5-7,10H,1-4,8-9,11,15H2. The SMILES string of the molecule is NCCCCCCOCc1cccc(Br)c1. The Bertz CT molecular complexity index is 291. The van der Waals surface area contributed by atoms with Gasteiger partial charge >= 0.3 is 0 Å². The lowest BCUT2D eigenvalue weighted by Gasteiger charge is -2.04. The molecule has 0 unspecified atom stereocenters. The minimum absolute atomic E-state index is 0.705. The van der Waals surface area contributed by atoms with Gasteiger partial charge in [-0.05, 0) is 37.1 Å². The maximum absolute atomic E-state index is 5.60. The number of halogens is 1. The minimum Gasteiger partial charge on any atom is -0.377 e. The first-order chi connectivity index (χ1) is 7.83. The molecule has 0 fully saturated rings. The Balaban J connectivity index is 2.03. The molecule has 0 saturated carbocycles. The molecule has 0 aliphatic heterocycles. The number of benzene rings is 1. The van der Waals surface area contributed by atoms with Crippen molar-refractivity contribution in [1.82, 2.24) is 0 Å². The van der Waals surface area contributed by atoms with Gasteiger partial charge in [-0.25, -0.2) is 0 Å². The summed E-state index contributed by atoms with van der Waals surface area (Å²) in [5, 5.41) is 0. The molecule has 2 nitrogen and oxygen atoms in total. The summed E-state index contributed by atoms with van der Waals surface area (Å²) in [4.78, 5) is 0. The van der Waals surface area contributed by atoms with Gasteiger partial charge in [-0.2, -0.15) is 0 Å². The molecule has 0 radical (unpaired) electrons. The van der Waals surface area contributed by atoms with Crippen LogP contribution >= 0.6 is 15.9 Å². The van der Waals surface area contributed by atoms with Crippen molar-refractivity contribution < 1.29 is 4.74 Å².